The SMILES string of the molecule is CCOc1cc(CNC(=O)CNC)ccc1OC.Cl. The second-order valence-corrected chi connectivity index (χ2v) is 3.73. The number of hydrogen-bond acceptors (Lipinski definition) is 4. The zero-order valence-electron chi connectivity index (χ0n) is 11.5. The summed E-state index contributed by atoms with van der Waals surface area (Å²) >= 11 is 0. The van der Waals surface area contributed by atoms with Gasteiger partial charge in [0, 0.05) is 6.54 Å². The molecule has 0 fully saturated rings. The van der Waals surface area contributed by atoms with Crippen molar-refractivity contribution in [1.29, 1.82) is 0 Å². The lowest BCUT2D eigenvalue weighted by molar-refractivity contribution is -0.120. The van der Waals surface area contributed by atoms with Gasteiger partial charge in [-0.2, -0.15) is 0 Å². The smallest absolute Gasteiger partial charge is 0.234 e. The Morgan fingerprint density at radius 1 is 1.32 bits per heavy atom. The fourth-order valence-electron chi connectivity index (χ4n) is 1.52. The van der Waals surface area contributed by atoms with Crippen LogP contribution in [0.1, 0.15) is 12.5 Å². The number of ether oxygens (including phenoxy) is 2. The molecule has 1 aromatic carbocycles. The molecule has 0 aliphatic heterocycles. The van der Waals surface area contributed by atoms with Gasteiger partial charge in [0.15, 0.2) is 11.5 Å². The van der Waals surface area contributed by atoms with Gasteiger partial charge in [-0.1, -0.05) is 6.07 Å². The monoisotopic (exact) mass is 288 g/mol. The van der Waals surface area contributed by atoms with Crippen molar-refractivity contribution in [1.82, 2.24) is 10.6 Å². The van der Waals surface area contributed by atoms with Crippen molar-refractivity contribution < 1.29 is 14.3 Å². The van der Waals surface area contributed by atoms with Crippen LogP contribution in [0.25, 0.3) is 0 Å². The van der Waals surface area contributed by atoms with E-state index in [1.54, 1.807) is 14.2 Å². The van der Waals surface area contributed by atoms with Crippen molar-refractivity contribution in [2.24, 2.45) is 0 Å². The lowest BCUT2D eigenvalue weighted by Gasteiger charge is -2.11. The van der Waals surface area contributed by atoms with Gasteiger partial charge in [0.25, 0.3) is 0 Å². The topological polar surface area (TPSA) is 59.6 Å². The maximum Gasteiger partial charge on any atom is 0.234 e. The molecular weight excluding hydrogens is 268 g/mol. The fraction of sp³-hybridized carbons (Fsp3) is 0.462. The Bertz CT molecular complexity index is 399. The number of nitrogens with one attached hydrogen (secondary N) is 2. The number of carbonyl (C=O) groups is 1. The van der Waals surface area contributed by atoms with Crippen LogP contribution in [0.2, 0.25) is 0 Å². The Hall–Kier alpha value is -1.46. The van der Waals surface area contributed by atoms with E-state index in [-0.39, 0.29) is 18.3 Å². The average Bonchev–Trinajstić information content (AvgIpc) is 2.37. The Labute approximate surface area is 120 Å². The first-order valence-electron chi connectivity index (χ1n) is 5.92. The number of benzene rings is 1. The van der Waals surface area contributed by atoms with E-state index in [0.717, 1.165) is 5.56 Å². The van der Waals surface area contributed by atoms with E-state index < -0.39 is 0 Å². The molecule has 0 spiro atoms. The predicted octanol–water partition coefficient (Wildman–Crippen LogP) is 1.35. The summed E-state index contributed by atoms with van der Waals surface area (Å²) in [4.78, 5) is 11.3. The molecule has 2 N–H and O–H groups in total. The van der Waals surface area contributed by atoms with E-state index in [1.807, 2.05) is 25.1 Å². The highest BCUT2D eigenvalue weighted by atomic mass is 35.5. The van der Waals surface area contributed by atoms with Gasteiger partial charge in [-0.15, -0.1) is 12.4 Å². The zero-order valence-corrected chi connectivity index (χ0v) is 12.3. The highest BCUT2D eigenvalue weighted by molar-refractivity contribution is 5.85. The van der Waals surface area contributed by atoms with Gasteiger partial charge in [-0.05, 0) is 31.7 Å². The molecule has 19 heavy (non-hydrogen) atoms. The van der Waals surface area contributed by atoms with Crippen molar-refractivity contribution in [3.05, 3.63) is 23.8 Å². The average molecular weight is 289 g/mol. The van der Waals surface area contributed by atoms with Crippen molar-refractivity contribution in [3.8, 4) is 11.5 Å². The highest BCUT2D eigenvalue weighted by Gasteiger charge is 2.06. The molecule has 0 atom stereocenters. The maximum atomic E-state index is 11.3. The molecule has 5 nitrogen and oxygen atoms in total. The van der Waals surface area contributed by atoms with Crippen LogP contribution in [0.5, 0.6) is 11.5 Å². The van der Waals surface area contributed by atoms with Crippen LogP contribution < -0.4 is 20.1 Å². The maximum absolute atomic E-state index is 11.3. The molecule has 1 aromatic rings. The van der Waals surface area contributed by atoms with E-state index >= 15 is 0 Å². The molecule has 0 saturated carbocycles. The van der Waals surface area contributed by atoms with Crippen molar-refractivity contribution in [3.63, 3.8) is 0 Å². The first-order chi connectivity index (χ1) is 8.71. The van der Waals surface area contributed by atoms with E-state index in [0.29, 0.717) is 31.2 Å². The summed E-state index contributed by atoms with van der Waals surface area (Å²) in [5.41, 5.74) is 0.976. The van der Waals surface area contributed by atoms with Gasteiger partial charge in [0.05, 0.1) is 20.3 Å². The molecule has 6 heteroatoms. The standard InChI is InChI=1S/C13H20N2O3.ClH/c1-4-18-12-7-10(5-6-11(12)17-3)8-15-13(16)9-14-2;/h5-7,14H,4,8-9H2,1-3H3,(H,15,16);1H. The third-order valence-electron chi connectivity index (χ3n) is 2.35. The van der Waals surface area contributed by atoms with E-state index in [4.69, 9.17) is 9.47 Å². The Morgan fingerprint density at radius 3 is 2.63 bits per heavy atom. The summed E-state index contributed by atoms with van der Waals surface area (Å²) in [7, 11) is 3.34. The minimum Gasteiger partial charge on any atom is -0.493 e. The summed E-state index contributed by atoms with van der Waals surface area (Å²) in [5.74, 6) is 1.36. The number of likely N-dealkylation sites (N-methyl/N-ethyl adjacent to an activating group) is 1. The largest absolute Gasteiger partial charge is 0.493 e. The van der Waals surface area contributed by atoms with E-state index in [1.165, 1.54) is 0 Å². The quantitative estimate of drug-likeness (QED) is 0.795. The molecule has 1 amide bonds. The van der Waals surface area contributed by atoms with Crippen molar-refractivity contribution >= 4 is 18.3 Å². The van der Waals surface area contributed by atoms with Crippen LogP contribution in [0.3, 0.4) is 0 Å². The third kappa shape index (κ3) is 5.81. The Morgan fingerprint density at radius 2 is 2.05 bits per heavy atom. The molecule has 0 unspecified atom stereocenters. The van der Waals surface area contributed by atoms with Gasteiger partial charge in [0.1, 0.15) is 0 Å². The number of rotatable bonds is 7. The lowest BCUT2D eigenvalue weighted by Crippen LogP contribution is -2.31. The minimum absolute atomic E-state index is 0. The van der Waals surface area contributed by atoms with Gasteiger partial charge in [-0.25, -0.2) is 0 Å². The number of amides is 1. The number of hydrogen-bond donors (Lipinski definition) is 2. The van der Waals surface area contributed by atoms with Crippen LogP contribution in [0, 0.1) is 0 Å². The lowest BCUT2D eigenvalue weighted by atomic mass is 10.2. The van der Waals surface area contributed by atoms with Crippen LogP contribution >= 0.6 is 12.4 Å². The molecule has 0 bridgehead atoms. The summed E-state index contributed by atoms with van der Waals surface area (Å²) in [6, 6.07) is 5.62. The normalized spacial score (nSPS) is 9.42. The first-order valence-corrected chi connectivity index (χ1v) is 5.92. The van der Waals surface area contributed by atoms with E-state index in [2.05, 4.69) is 10.6 Å². The van der Waals surface area contributed by atoms with Gasteiger partial charge in [0.2, 0.25) is 5.91 Å². The molecule has 0 aromatic heterocycles. The summed E-state index contributed by atoms with van der Waals surface area (Å²) in [6.07, 6.45) is 0. The number of carbonyl (C=O) groups excluding carboxylic acids is 1. The summed E-state index contributed by atoms with van der Waals surface area (Å²) in [6.45, 7) is 3.28. The predicted molar refractivity (Wildman–Crippen MR) is 77.2 cm³/mol. The Kier molecular flexibility index (Phi) is 8.74. The molecule has 0 aliphatic carbocycles. The van der Waals surface area contributed by atoms with Crippen molar-refractivity contribution in [2.45, 2.75) is 13.5 Å². The zero-order chi connectivity index (χ0) is 13.4. The van der Waals surface area contributed by atoms with Gasteiger partial charge >= 0.3 is 0 Å². The van der Waals surface area contributed by atoms with Crippen LogP contribution in [-0.2, 0) is 11.3 Å². The molecule has 1 rings (SSSR count). The van der Waals surface area contributed by atoms with Crippen LogP contribution in [0.4, 0.5) is 0 Å². The third-order valence-corrected chi connectivity index (χ3v) is 2.35. The second-order valence-electron chi connectivity index (χ2n) is 3.73. The molecule has 0 heterocycles. The highest BCUT2D eigenvalue weighted by Crippen LogP contribution is 2.27. The number of methoxy groups -OCH3 is 1. The van der Waals surface area contributed by atoms with Gasteiger partial charge in [-0.3, -0.25) is 4.79 Å². The van der Waals surface area contributed by atoms with Crippen LogP contribution in [-0.4, -0.2) is 33.2 Å². The minimum atomic E-state index is -0.0359. The molecule has 0 aliphatic rings. The van der Waals surface area contributed by atoms with Crippen LogP contribution in [0.15, 0.2) is 18.2 Å². The molecular formula is C13H21ClN2O3. The summed E-state index contributed by atoms with van der Waals surface area (Å²) in [5, 5.41) is 5.61. The molecule has 0 saturated heterocycles. The Balaban J connectivity index is 0.00000324. The molecule has 0 radical (unpaired) electrons. The van der Waals surface area contributed by atoms with Crippen molar-refractivity contribution in [2.75, 3.05) is 27.3 Å². The number of halogens is 1. The fourth-order valence-corrected chi connectivity index (χ4v) is 1.52. The molecule has 108 valence electrons. The second kappa shape index (κ2) is 9.47. The van der Waals surface area contributed by atoms with Gasteiger partial charge < -0.3 is 20.1 Å². The summed E-state index contributed by atoms with van der Waals surface area (Å²) < 4.78 is 10.7. The van der Waals surface area contributed by atoms with E-state index in [9.17, 15) is 4.79 Å². The first kappa shape index (κ1) is 17.5.